The Morgan fingerprint density at radius 2 is 2.13 bits per heavy atom. The number of fused-ring (bicyclic) bond motifs is 1. The zero-order chi connectivity index (χ0) is 11.2. The van der Waals surface area contributed by atoms with Crippen molar-refractivity contribution in [1.82, 2.24) is 0 Å². The third-order valence-electron chi connectivity index (χ3n) is 2.62. The fourth-order valence-electron chi connectivity index (χ4n) is 1.84. The van der Waals surface area contributed by atoms with E-state index in [9.17, 15) is 13.5 Å². The molecule has 1 aromatic rings. The molecule has 0 aliphatic carbocycles. The van der Waals surface area contributed by atoms with Crippen LogP contribution in [0.1, 0.15) is 5.56 Å². The van der Waals surface area contributed by atoms with E-state index in [0.29, 0.717) is 5.69 Å². The van der Waals surface area contributed by atoms with E-state index in [1.165, 1.54) is 17.0 Å². The molecule has 2 rings (SSSR count). The van der Waals surface area contributed by atoms with Gasteiger partial charge in [-0.3, -0.25) is 4.55 Å². The van der Waals surface area contributed by atoms with Crippen molar-refractivity contribution in [2.24, 2.45) is 0 Å². The zero-order valence-electron chi connectivity index (χ0n) is 8.08. The molecule has 0 fully saturated rings. The highest BCUT2D eigenvalue weighted by atomic mass is 32.2. The molecule has 1 atom stereocenters. The molecular formula is C9H11NO4S. The van der Waals surface area contributed by atoms with E-state index >= 15 is 0 Å². The maximum absolute atomic E-state index is 11.0. The van der Waals surface area contributed by atoms with Crippen molar-refractivity contribution in [2.75, 3.05) is 11.9 Å². The normalized spacial score (nSPS) is 20.4. The monoisotopic (exact) mass is 229 g/mol. The van der Waals surface area contributed by atoms with Crippen molar-refractivity contribution in [2.45, 2.75) is 11.8 Å². The van der Waals surface area contributed by atoms with Gasteiger partial charge in [-0.25, -0.2) is 0 Å². The molecule has 1 aliphatic heterocycles. The van der Waals surface area contributed by atoms with Gasteiger partial charge in [0.1, 0.15) is 5.75 Å². The van der Waals surface area contributed by atoms with Crippen molar-refractivity contribution in [1.29, 1.82) is 0 Å². The van der Waals surface area contributed by atoms with Crippen LogP contribution in [-0.4, -0.2) is 30.5 Å². The van der Waals surface area contributed by atoms with E-state index in [0.717, 1.165) is 5.56 Å². The van der Waals surface area contributed by atoms with Gasteiger partial charge in [0.25, 0.3) is 10.1 Å². The number of phenols is 1. The first kappa shape index (κ1) is 10.3. The molecule has 0 spiro atoms. The summed E-state index contributed by atoms with van der Waals surface area (Å²) in [5.41, 5.74) is 1.44. The molecule has 1 unspecified atom stereocenters. The summed E-state index contributed by atoms with van der Waals surface area (Å²) >= 11 is 0. The minimum absolute atomic E-state index is 0.0802. The van der Waals surface area contributed by atoms with Crippen molar-refractivity contribution < 1.29 is 18.1 Å². The molecule has 5 nitrogen and oxygen atoms in total. The highest BCUT2D eigenvalue weighted by Crippen LogP contribution is 2.35. The van der Waals surface area contributed by atoms with Gasteiger partial charge in [0.15, 0.2) is 5.37 Å². The van der Waals surface area contributed by atoms with E-state index in [2.05, 4.69) is 0 Å². The van der Waals surface area contributed by atoms with Gasteiger partial charge in [-0.15, -0.1) is 0 Å². The first-order valence-electron chi connectivity index (χ1n) is 4.40. The van der Waals surface area contributed by atoms with Crippen molar-refractivity contribution in [3.63, 3.8) is 0 Å². The van der Waals surface area contributed by atoms with E-state index in [1.807, 2.05) is 0 Å². The second kappa shape index (κ2) is 3.11. The number of aromatic hydroxyl groups is 1. The Hall–Kier alpha value is -1.27. The Balaban J connectivity index is 2.46. The summed E-state index contributed by atoms with van der Waals surface area (Å²) in [4.78, 5) is 1.45. The fraction of sp³-hybridized carbons (Fsp3) is 0.333. The van der Waals surface area contributed by atoms with Crippen LogP contribution in [0.5, 0.6) is 5.75 Å². The van der Waals surface area contributed by atoms with Crippen LogP contribution in [0.25, 0.3) is 0 Å². The number of nitrogens with zero attached hydrogens (tertiary/aromatic N) is 1. The lowest BCUT2D eigenvalue weighted by Gasteiger charge is -2.19. The first-order chi connectivity index (χ1) is 6.89. The van der Waals surface area contributed by atoms with Crippen molar-refractivity contribution in [3.8, 4) is 5.75 Å². The number of benzene rings is 1. The molecule has 0 radical (unpaired) electrons. The molecule has 0 bridgehead atoms. The molecule has 1 aromatic carbocycles. The summed E-state index contributed by atoms with van der Waals surface area (Å²) in [5.74, 6) is 0.0802. The topological polar surface area (TPSA) is 77.8 Å². The quantitative estimate of drug-likeness (QED) is 0.689. The van der Waals surface area contributed by atoms with E-state index in [4.69, 9.17) is 4.55 Å². The number of rotatable bonds is 1. The Labute approximate surface area is 87.7 Å². The van der Waals surface area contributed by atoms with E-state index in [1.54, 1.807) is 13.1 Å². The van der Waals surface area contributed by atoms with Crippen molar-refractivity contribution in [3.05, 3.63) is 23.8 Å². The molecule has 82 valence electrons. The summed E-state index contributed by atoms with van der Waals surface area (Å²) in [7, 11) is -2.51. The summed E-state index contributed by atoms with van der Waals surface area (Å²) in [6, 6.07) is 4.64. The second-order valence-corrected chi connectivity index (χ2v) is 5.17. The average molecular weight is 229 g/mol. The van der Waals surface area contributed by atoms with E-state index in [-0.39, 0.29) is 12.2 Å². The average Bonchev–Trinajstić information content (AvgIpc) is 2.43. The van der Waals surface area contributed by atoms with Gasteiger partial charge in [0.05, 0.1) is 0 Å². The molecule has 1 heterocycles. The highest BCUT2D eigenvalue weighted by molar-refractivity contribution is 7.86. The number of anilines is 1. The number of phenolic OH excluding ortho intramolecular Hbond substituents is 1. The van der Waals surface area contributed by atoms with Gasteiger partial charge in [-0.1, -0.05) is 6.07 Å². The van der Waals surface area contributed by atoms with Gasteiger partial charge in [-0.2, -0.15) is 8.42 Å². The second-order valence-electron chi connectivity index (χ2n) is 3.60. The molecule has 2 N–H and O–H groups in total. The lowest BCUT2D eigenvalue weighted by atomic mass is 10.1. The van der Waals surface area contributed by atoms with Crippen LogP contribution in [-0.2, 0) is 16.5 Å². The van der Waals surface area contributed by atoms with Crippen LogP contribution < -0.4 is 4.90 Å². The van der Waals surface area contributed by atoms with Gasteiger partial charge >= 0.3 is 0 Å². The third kappa shape index (κ3) is 1.66. The number of hydrogen-bond acceptors (Lipinski definition) is 4. The SMILES string of the molecule is CN1c2cc(O)ccc2CC1S(=O)(=O)O. The molecular weight excluding hydrogens is 218 g/mol. The van der Waals surface area contributed by atoms with Crippen LogP contribution in [0.2, 0.25) is 0 Å². The van der Waals surface area contributed by atoms with Crippen LogP contribution in [0.4, 0.5) is 5.69 Å². The molecule has 6 heteroatoms. The van der Waals surface area contributed by atoms with Crippen molar-refractivity contribution >= 4 is 15.8 Å². The largest absolute Gasteiger partial charge is 0.508 e. The zero-order valence-corrected chi connectivity index (χ0v) is 8.90. The smallest absolute Gasteiger partial charge is 0.286 e. The number of hydrogen-bond donors (Lipinski definition) is 2. The Morgan fingerprint density at radius 1 is 1.47 bits per heavy atom. The molecule has 1 aliphatic rings. The fourth-order valence-corrected chi connectivity index (χ4v) is 2.74. The molecule has 0 saturated carbocycles. The Morgan fingerprint density at radius 3 is 2.73 bits per heavy atom. The Bertz CT molecular complexity index is 497. The summed E-state index contributed by atoms with van der Waals surface area (Å²) < 4.78 is 31.1. The molecule has 15 heavy (non-hydrogen) atoms. The third-order valence-corrected chi connectivity index (χ3v) is 3.79. The summed E-state index contributed by atoms with van der Waals surface area (Å²) in [6.45, 7) is 0. The predicted octanol–water partition coefficient (Wildman–Crippen LogP) is 0.598. The lowest BCUT2D eigenvalue weighted by molar-refractivity contribution is 0.466. The molecule has 0 saturated heterocycles. The molecule has 0 amide bonds. The summed E-state index contributed by atoms with van der Waals surface area (Å²) in [5, 5.41) is 8.31. The maximum Gasteiger partial charge on any atom is 0.286 e. The molecule has 0 aromatic heterocycles. The van der Waals surface area contributed by atoms with Gasteiger partial charge in [0, 0.05) is 25.2 Å². The minimum atomic E-state index is -4.09. The first-order valence-corrected chi connectivity index (χ1v) is 5.91. The van der Waals surface area contributed by atoms with Gasteiger partial charge < -0.3 is 10.0 Å². The standard InChI is InChI=1S/C9H11NO4S/c1-10-8-5-7(11)3-2-6(8)4-9(10)15(12,13)14/h2-3,5,9,11H,4H2,1H3,(H,12,13,14). The minimum Gasteiger partial charge on any atom is -0.508 e. The van der Waals surface area contributed by atoms with Gasteiger partial charge in [0.2, 0.25) is 0 Å². The van der Waals surface area contributed by atoms with Crippen LogP contribution in [0.3, 0.4) is 0 Å². The highest BCUT2D eigenvalue weighted by Gasteiger charge is 2.35. The summed E-state index contributed by atoms with van der Waals surface area (Å²) in [6.07, 6.45) is 0.241. The lowest BCUT2D eigenvalue weighted by Crippen LogP contribution is -2.35. The number of likely N-dealkylation sites (N-methyl/N-ethyl adjacent to an activating group) is 1. The van der Waals surface area contributed by atoms with Crippen LogP contribution in [0.15, 0.2) is 18.2 Å². The van der Waals surface area contributed by atoms with Crippen LogP contribution in [0, 0.1) is 0 Å². The van der Waals surface area contributed by atoms with Crippen LogP contribution >= 0.6 is 0 Å². The maximum atomic E-state index is 11.0. The Kier molecular flexibility index (Phi) is 2.13. The van der Waals surface area contributed by atoms with E-state index < -0.39 is 15.5 Å². The van der Waals surface area contributed by atoms with Gasteiger partial charge in [-0.05, 0) is 11.6 Å². The predicted molar refractivity (Wildman–Crippen MR) is 55.6 cm³/mol.